The minimum absolute atomic E-state index is 0.0584. The van der Waals surface area contributed by atoms with E-state index in [1.54, 1.807) is 0 Å². The third-order valence-corrected chi connectivity index (χ3v) is 7.58. The predicted octanol–water partition coefficient (Wildman–Crippen LogP) is 6.02. The molecule has 1 heterocycles. The zero-order valence-electron chi connectivity index (χ0n) is 18.2. The summed E-state index contributed by atoms with van der Waals surface area (Å²) in [6, 6.07) is 6.18. The molecule has 204 valence electrons. The summed E-state index contributed by atoms with van der Waals surface area (Å²) in [4.78, 5) is 26.1. The number of unbranched alkanes of at least 4 members (excludes halogenated alkanes) is 1. The van der Waals surface area contributed by atoms with Crippen molar-refractivity contribution in [2.24, 2.45) is 0 Å². The van der Waals surface area contributed by atoms with Crippen molar-refractivity contribution in [2.75, 3.05) is 5.75 Å². The Morgan fingerprint density at radius 3 is 1.97 bits per heavy atom. The van der Waals surface area contributed by atoms with E-state index in [9.17, 15) is 57.5 Å². The van der Waals surface area contributed by atoms with Gasteiger partial charge in [0.15, 0.2) is 0 Å². The van der Waals surface area contributed by atoms with Crippen molar-refractivity contribution in [3.8, 4) is 0 Å². The zero-order valence-corrected chi connectivity index (χ0v) is 19.8. The summed E-state index contributed by atoms with van der Waals surface area (Å²) in [6.07, 6.45) is -5.64. The van der Waals surface area contributed by atoms with Crippen LogP contribution in [0.4, 0.5) is 39.5 Å². The van der Waals surface area contributed by atoms with E-state index in [1.165, 1.54) is 30.0 Å². The molecule has 0 saturated heterocycles. The monoisotopic (exact) mass is 583 g/mol. The van der Waals surface area contributed by atoms with E-state index in [2.05, 4.69) is 4.28 Å². The van der Waals surface area contributed by atoms with Crippen molar-refractivity contribution in [3.05, 3.63) is 41.5 Å². The van der Waals surface area contributed by atoms with Crippen LogP contribution in [-0.4, -0.2) is 54.3 Å². The van der Waals surface area contributed by atoms with Crippen molar-refractivity contribution < 1.29 is 61.8 Å². The van der Waals surface area contributed by atoms with Gasteiger partial charge in [0.1, 0.15) is 0 Å². The molecule has 0 radical (unpaired) electrons. The zero-order chi connectivity index (χ0) is 28.2. The molecular formula is C20H14F9NO5S2. The molecule has 0 saturated carbocycles. The number of carbonyl (C=O) groups excluding carboxylic acids is 2. The highest BCUT2D eigenvalue weighted by Crippen LogP contribution is 2.55. The molecule has 2 amide bonds. The van der Waals surface area contributed by atoms with Gasteiger partial charge in [0.05, 0.1) is 11.1 Å². The Bertz CT molecular complexity index is 1340. The predicted molar refractivity (Wildman–Crippen MR) is 111 cm³/mol. The number of imide groups is 1. The summed E-state index contributed by atoms with van der Waals surface area (Å²) in [7, 11) is -7.50. The van der Waals surface area contributed by atoms with Gasteiger partial charge in [-0.1, -0.05) is 25.5 Å². The summed E-state index contributed by atoms with van der Waals surface area (Å²) in [5.41, 5.74) is -1.01. The lowest BCUT2D eigenvalue weighted by molar-refractivity contribution is -0.383. The SMILES string of the molecule is CCCCSc1ccc2c3c(cccc13)C(=O)N(OS(=O)(=O)C(F)(F)C(F)(F)C(F)(F)C(F)(F)F)C2=O. The molecule has 0 aromatic heterocycles. The maximum absolute atomic E-state index is 14.0. The number of hydroxylamine groups is 2. The maximum atomic E-state index is 14.0. The Kier molecular flexibility index (Phi) is 7.33. The Labute approximate surface area is 206 Å². The van der Waals surface area contributed by atoms with Gasteiger partial charge >= 0.3 is 33.4 Å². The number of nitrogens with zero attached hydrogens (tertiary/aromatic N) is 1. The van der Waals surface area contributed by atoms with Crippen LogP contribution in [0.2, 0.25) is 0 Å². The van der Waals surface area contributed by atoms with Crippen molar-refractivity contribution in [3.63, 3.8) is 0 Å². The van der Waals surface area contributed by atoms with Crippen LogP contribution in [0.1, 0.15) is 40.5 Å². The lowest BCUT2D eigenvalue weighted by Gasteiger charge is -2.33. The van der Waals surface area contributed by atoms with Crippen LogP contribution in [0.15, 0.2) is 35.2 Å². The molecule has 0 fully saturated rings. The van der Waals surface area contributed by atoms with Crippen molar-refractivity contribution in [1.82, 2.24) is 5.06 Å². The number of thioether (sulfide) groups is 1. The second-order valence-electron chi connectivity index (χ2n) is 7.64. The normalized spacial score (nSPS) is 15.6. The number of hydrogen-bond acceptors (Lipinski definition) is 6. The van der Waals surface area contributed by atoms with Crippen molar-refractivity contribution in [1.29, 1.82) is 0 Å². The average molecular weight is 583 g/mol. The highest BCUT2D eigenvalue weighted by atomic mass is 32.2. The Morgan fingerprint density at radius 1 is 0.865 bits per heavy atom. The minimum Gasteiger partial charge on any atom is -0.266 e. The first-order valence-corrected chi connectivity index (χ1v) is 12.4. The van der Waals surface area contributed by atoms with Crippen LogP contribution in [0.5, 0.6) is 0 Å². The fourth-order valence-electron chi connectivity index (χ4n) is 3.23. The van der Waals surface area contributed by atoms with Crippen molar-refractivity contribution in [2.45, 2.75) is 47.9 Å². The molecule has 0 aliphatic carbocycles. The first-order chi connectivity index (χ1) is 16.8. The summed E-state index contributed by atoms with van der Waals surface area (Å²) < 4.78 is 146. The Morgan fingerprint density at radius 2 is 1.43 bits per heavy atom. The molecule has 6 nitrogen and oxygen atoms in total. The van der Waals surface area contributed by atoms with Crippen molar-refractivity contribution >= 4 is 44.5 Å². The topological polar surface area (TPSA) is 80.8 Å². The van der Waals surface area contributed by atoms with Gasteiger partial charge in [-0.3, -0.25) is 9.59 Å². The molecule has 0 unspecified atom stereocenters. The molecule has 3 rings (SSSR count). The van der Waals surface area contributed by atoms with Gasteiger partial charge in [-0.15, -0.1) is 21.1 Å². The van der Waals surface area contributed by atoms with Gasteiger partial charge in [-0.25, -0.2) is 0 Å². The van der Waals surface area contributed by atoms with Gasteiger partial charge in [0.25, 0.3) is 11.8 Å². The van der Waals surface area contributed by atoms with Gasteiger partial charge in [-0.2, -0.15) is 47.9 Å². The number of rotatable bonds is 9. The molecule has 0 bridgehead atoms. The molecule has 17 heteroatoms. The fraction of sp³-hybridized carbons (Fsp3) is 0.400. The van der Waals surface area contributed by atoms with Crippen LogP contribution >= 0.6 is 11.8 Å². The largest absolute Gasteiger partial charge is 0.460 e. The summed E-state index contributed by atoms with van der Waals surface area (Å²) in [5.74, 6) is -18.0. The van der Waals surface area contributed by atoms with E-state index in [0.717, 1.165) is 25.0 Å². The summed E-state index contributed by atoms with van der Waals surface area (Å²) >= 11 is 1.34. The Balaban J connectivity index is 2.04. The van der Waals surface area contributed by atoms with Gasteiger partial charge in [-0.05, 0) is 35.8 Å². The first-order valence-electron chi connectivity index (χ1n) is 10.0. The third-order valence-electron chi connectivity index (χ3n) is 5.19. The molecule has 0 atom stereocenters. The second kappa shape index (κ2) is 9.34. The van der Waals surface area contributed by atoms with Gasteiger partial charge in [0.2, 0.25) is 0 Å². The molecule has 37 heavy (non-hydrogen) atoms. The lowest BCUT2D eigenvalue weighted by atomic mass is 9.95. The number of halogens is 9. The van der Waals surface area contributed by atoms with E-state index in [0.29, 0.717) is 16.0 Å². The van der Waals surface area contributed by atoms with Crippen LogP contribution in [0.3, 0.4) is 0 Å². The van der Waals surface area contributed by atoms with E-state index in [-0.39, 0.29) is 5.39 Å². The Hall–Kier alpha value is -2.53. The highest BCUT2D eigenvalue weighted by molar-refractivity contribution is 7.99. The molecule has 0 spiro atoms. The fourth-order valence-corrected chi connectivity index (χ4v) is 5.24. The van der Waals surface area contributed by atoms with E-state index in [4.69, 9.17) is 0 Å². The first kappa shape index (κ1) is 29.0. The summed E-state index contributed by atoms with van der Waals surface area (Å²) in [5, 5.41) is -7.89. The second-order valence-corrected chi connectivity index (χ2v) is 10.3. The maximum Gasteiger partial charge on any atom is 0.460 e. The van der Waals surface area contributed by atoms with E-state index >= 15 is 0 Å². The lowest BCUT2D eigenvalue weighted by Crippen LogP contribution is -2.64. The highest BCUT2D eigenvalue weighted by Gasteiger charge is 2.86. The number of alkyl halides is 9. The molecule has 1 aliphatic heterocycles. The molecule has 0 N–H and O–H groups in total. The number of hydrogen-bond donors (Lipinski definition) is 0. The number of carbonyl (C=O) groups is 2. The van der Waals surface area contributed by atoms with Crippen LogP contribution in [-0.2, 0) is 14.4 Å². The van der Waals surface area contributed by atoms with Crippen LogP contribution < -0.4 is 0 Å². The third kappa shape index (κ3) is 4.43. The minimum atomic E-state index is -7.60. The van der Waals surface area contributed by atoms with Gasteiger partial charge < -0.3 is 0 Å². The van der Waals surface area contributed by atoms with Gasteiger partial charge in [0, 0.05) is 10.3 Å². The number of benzene rings is 2. The van der Waals surface area contributed by atoms with E-state index in [1.807, 2.05) is 6.92 Å². The summed E-state index contributed by atoms with van der Waals surface area (Å²) in [6.45, 7) is 1.93. The molecule has 2 aromatic carbocycles. The van der Waals surface area contributed by atoms with Crippen LogP contribution in [0.25, 0.3) is 10.8 Å². The average Bonchev–Trinajstić information content (AvgIpc) is 2.79. The quantitative estimate of drug-likeness (QED) is 0.156. The molecular weight excluding hydrogens is 569 g/mol. The smallest absolute Gasteiger partial charge is 0.266 e. The molecule has 1 aliphatic rings. The molecule has 2 aromatic rings. The standard InChI is InChI=1S/C20H14F9NO5S2/c1-2-3-9-36-13-8-7-12-14-10(13)5-4-6-11(14)15(31)30(16(12)32)35-37(33,34)20(28,29)18(23,24)17(21,22)19(25,26)27/h4-8H,2-3,9H2,1H3. The van der Waals surface area contributed by atoms with E-state index < -0.39 is 61.4 Å². The van der Waals surface area contributed by atoms with Crippen LogP contribution in [0, 0.1) is 0 Å². The number of amides is 2.